The first-order valence-electron chi connectivity index (χ1n) is 12.2. The molecule has 0 saturated carbocycles. The van der Waals surface area contributed by atoms with Crippen molar-refractivity contribution in [1.29, 1.82) is 0 Å². The Hall–Kier alpha value is -3.38. The first-order chi connectivity index (χ1) is 17.1. The van der Waals surface area contributed by atoms with Crippen molar-refractivity contribution in [2.75, 3.05) is 5.32 Å². The minimum Gasteiger partial charge on any atom is -0.325 e. The van der Waals surface area contributed by atoms with Crippen molar-refractivity contribution in [2.45, 2.75) is 58.2 Å². The van der Waals surface area contributed by atoms with E-state index in [1.165, 1.54) is 17.3 Å². The van der Waals surface area contributed by atoms with E-state index in [0.717, 1.165) is 40.8 Å². The molecule has 0 aromatic heterocycles. The number of thioether (sulfide) groups is 1. The summed E-state index contributed by atoms with van der Waals surface area (Å²) in [6, 6.07) is 22.0. The van der Waals surface area contributed by atoms with Crippen molar-refractivity contribution < 1.29 is 9.59 Å². The molecule has 3 aromatic rings. The van der Waals surface area contributed by atoms with Gasteiger partial charge in [-0.05, 0) is 75.8 Å². The predicted octanol–water partition coefficient (Wildman–Crippen LogP) is 6.02. The van der Waals surface area contributed by atoms with Crippen molar-refractivity contribution >= 4 is 34.4 Å². The average Bonchev–Trinajstić information content (AvgIpc) is 3.14. The van der Waals surface area contributed by atoms with Crippen LogP contribution in [0.2, 0.25) is 0 Å². The van der Waals surface area contributed by atoms with Crippen LogP contribution in [0.5, 0.6) is 0 Å². The summed E-state index contributed by atoms with van der Waals surface area (Å²) in [6.07, 6.45) is 1.62. The van der Waals surface area contributed by atoms with Gasteiger partial charge in [0.1, 0.15) is 5.25 Å². The Labute approximate surface area is 217 Å². The second kappa shape index (κ2) is 10.7. The van der Waals surface area contributed by atoms with E-state index >= 15 is 0 Å². The van der Waals surface area contributed by atoms with Crippen LogP contribution in [0.25, 0.3) is 0 Å². The Morgan fingerprint density at radius 2 is 1.53 bits per heavy atom. The van der Waals surface area contributed by atoms with Crippen LogP contribution in [0, 0.1) is 20.8 Å². The highest BCUT2D eigenvalue weighted by atomic mass is 32.2. The van der Waals surface area contributed by atoms with E-state index in [4.69, 9.17) is 4.99 Å². The van der Waals surface area contributed by atoms with Crippen LogP contribution < -0.4 is 10.6 Å². The third-order valence-electron chi connectivity index (χ3n) is 6.43. The van der Waals surface area contributed by atoms with Gasteiger partial charge in [0.25, 0.3) is 5.91 Å². The number of carbonyl (C=O) groups excluding carboxylic acids is 2. The number of rotatable bonds is 6. The molecule has 1 aliphatic heterocycles. The van der Waals surface area contributed by atoms with Crippen LogP contribution in [0.1, 0.15) is 52.0 Å². The summed E-state index contributed by atoms with van der Waals surface area (Å²) in [5.74, 6) is -0.316. The van der Waals surface area contributed by atoms with Gasteiger partial charge in [-0.25, -0.2) is 0 Å². The molecule has 5 nitrogen and oxygen atoms in total. The monoisotopic (exact) mass is 499 g/mol. The summed E-state index contributed by atoms with van der Waals surface area (Å²) in [5, 5.41) is 6.08. The minimum absolute atomic E-state index is 0.115. The molecule has 186 valence electrons. The third kappa shape index (κ3) is 5.88. The minimum atomic E-state index is -0.656. The summed E-state index contributed by atoms with van der Waals surface area (Å²) in [5.41, 5.74) is 6.26. The Balaban J connectivity index is 1.44. The highest BCUT2D eigenvalue weighted by Crippen LogP contribution is 2.36. The van der Waals surface area contributed by atoms with Gasteiger partial charge in [-0.1, -0.05) is 78.0 Å². The van der Waals surface area contributed by atoms with Crippen molar-refractivity contribution in [3.05, 3.63) is 100 Å². The largest absolute Gasteiger partial charge is 0.325 e. The molecule has 0 radical (unpaired) electrons. The molecule has 1 heterocycles. The molecule has 1 unspecified atom stereocenters. The van der Waals surface area contributed by atoms with E-state index in [9.17, 15) is 9.59 Å². The van der Waals surface area contributed by atoms with Gasteiger partial charge in [-0.3, -0.25) is 14.6 Å². The molecule has 0 saturated heterocycles. The lowest BCUT2D eigenvalue weighted by Crippen LogP contribution is -2.39. The summed E-state index contributed by atoms with van der Waals surface area (Å²) < 4.78 is 0. The van der Waals surface area contributed by atoms with Crippen molar-refractivity contribution in [1.82, 2.24) is 5.32 Å². The SMILES string of the molecule is Cc1cc(C)c(NC(=O)C2SC(NC(=O)c3ccccc3CCc3ccccc3)=NC2(C)C)c(C)c1. The van der Waals surface area contributed by atoms with Crippen LogP contribution in [0.15, 0.2) is 71.7 Å². The van der Waals surface area contributed by atoms with Gasteiger partial charge in [0, 0.05) is 11.3 Å². The van der Waals surface area contributed by atoms with E-state index in [-0.39, 0.29) is 11.8 Å². The van der Waals surface area contributed by atoms with E-state index in [2.05, 4.69) is 34.9 Å². The van der Waals surface area contributed by atoms with Crippen LogP contribution >= 0.6 is 11.8 Å². The smallest absolute Gasteiger partial charge is 0.257 e. The third-order valence-corrected chi connectivity index (χ3v) is 7.88. The molecule has 3 aromatic carbocycles. The first-order valence-corrected chi connectivity index (χ1v) is 13.1. The number of nitrogens with zero attached hydrogens (tertiary/aromatic N) is 1. The molecule has 0 spiro atoms. The summed E-state index contributed by atoms with van der Waals surface area (Å²) in [6.45, 7) is 9.89. The average molecular weight is 500 g/mol. The number of aliphatic imine (C=N–C) groups is 1. The van der Waals surface area contributed by atoms with Gasteiger partial charge in [-0.15, -0.1) is 0 Å². The van der Waals surface area contributed by atoms with E-state index in [1.807, 2.05) is 77.1 Å². The molecule has 1 atom stereocenters. The molecule has 0 fully saturated rings. The summed E-state index contributed by atoms with van der Waals surface area (Å²) in [4.78, 5) is 31.2. The van der Waals surface area contributed by atoms with Gasteiger partial charge in [0.05, 0.1) is 5.54 Å². The maximum absolute atomic E-state index is 13.3. The number of amidine groups is 1. The van der Waals surface area contributed by atoms with Gasteiger partial charge in [-0.2, -0.15) is 0 Å². The topological polar surface area (TPSA) is 70.6 Å². The zero-order chi connectivity index (χ0) is 25.9. The molecular weight excluding hydrogens is 466 g/mol. The lowest BCUT2D eigenvalue weighted by atomic mass is 9.99. The van der Waals surface area contributed by atoms with Crippen molar-refractivity contribution in [3.8, 4) is 0 Å². The van der Waals surface area contributed by atoms with Crippen LogP contribution in [-0.4, -0.2) is 27.8 Å². The number of anilines is 1. The molecule has 36 heavy (non-hydrogen) atoms. The molecule has 1 aliphatic rings. The van der Waals surface area contributed by atoms with E-state index in [0.29, 0.717) is 10.7 Å². The van der Waals surface area contributed by atoms with Crippen LogP contribution in [-0.2, 0) is 17.6 Å². The summed E-state index contributed by atoms with van der Waals surface area (Å²) >= 11 is 1.30. The highest BCUT2D eigenvalue weighted by molar-refractivity contribution is 8.15. The molecule has 0 aliphatic carbocycles. The lowest BCUT2D eigenvalue weighted by molar-refractivity contribution is -0.116. The molecule has 2 amide bonds. The maximum Gasteiger partial charge on any atom is 0.257 e. The number of nitrogens with one attached hydrogen (secondary N) is 2. The zero-order valence-electron chi connectivity index (χ0n) is 21.5. The Kier molecular flexibility index (Phi) is 7.65. The second-order valence-electron chi connectivity index (χ2n) is 9.93. The fraction of sp³-hybridized carbons (Fsp3) is 0.300. The second-order valence-corrected chi connectivity index (χ2v) is 11.0. The van der Waals surface area contributed by atoms with Gasteiger partial charge < -0.3 is 10.6 Å². The molecule has 4 rings (SSSR count). The Morgan fingerprint density at radius 1 is 0.889 bits per heavy atom. The fourth-order valence-corrected chi connectivity index (χ4v) is 5.82. The first kappa shape index (κ1) is 25.7. The summed E-state index contributed by atoms with van der Waals surface area (Å²) in [7, 11) is 0. The zero-order valence-corrected chi connectivity index (χ0v) is 22.3. The number of aryl methyl sites for hydroxylation is 5. The van der Waals surface area contributed by atoms with E-state index in [1.54, 1.807) is 0 Å². The number of carbonyl (C=O) groups is 2. The number of hydrogen-bond acceptors (Lipinski definition) is 4. The van der Waals surface area contributed by atoms with Gasteiger partial charge >= 0.3 is 0 Å². The standard InChI is InChI=1S/C30H33N3O2S/c1-19-17-20(2)25(21(3)18-19)31-28(35)26-30(4,5)33-29(36-26)32-27(34)24-14-10-9-13-23(24)16-15-22-11-7-6-8-12-22/h6-14,17-18,26H,15-16H2,1-5H3,(H,31,35)(H,32,33,34). The number of amides is 2. The predicted molar refractivity (Wildman–Crippen MR) is 150 cm³/mol. The van der Waals surface area contributed by atoms with Gasteiger partial charge in [0.2, 0.25) is 5.91 Å². The van der Waals surface area contributed by atoms with Crippen LogP contribution in [0.3, 0.4) is 0 Å². The fourth-order valence-electron chi connectivity index (χ4n) is 4.65. The highest BCUT2D eigenvalue weighted by Gasteiger charge is 2.43. The Bertz CT molecular complexity index is 1290. The van der Waals surface area contributed by atoms with Crippen molar-refractivity contribution in [2.24, 2.45) is 4.99 Å². The normalized spacial score (nSPS) is 16.4. The number of hydrogen-bond donors (Lipinski definition) is 2. The molecular formula is C30H33N3O2S. The molecule has 2 N–H and O–H groups in total. The van der Waals surface area contributed by atoms with Gasteiger partial charge in [0.15, 0.2) is 5.17 Å². The maximum atomic E-state index is 13.3. The quantitative estimate of drug-likeness (QED) is 0.436. The lowest BCUT2D eigenvalue weighted by Gasteiger charge is -2.23. The van der Waals surface area contributed by atoms with E-state index < -0.39 is 10.8 Å². The van der Waals surface area contributed by atoms with Crippen LogP contribution in [0.4, 0.5) is 5.69 Å². The molecule has 0 bridgehead atoms. The molecule has 6 heteroatoms. The Morgan fingerprint density at radius 3 is 2.22 bits per heavy atom. The number of benzene rings is 3. The van der Waals surface area contributed by atoms with Crippen molar-refractivity contribution in [3.63, 3.8) is 0 Å².